The molecule has 3 heteroatoms. The van der Waals surface area contributed by atoms with Crippen LogP contribution in [-0.2, 0) is 13.0 Å². The van der Waals surface area contributed by atoms with Gasteiger partial charge in [-0.25, -0.2) is 8.78 Å². The zero-order chi connectivity index (χ0) is 9.84. The van der Waals surface area contributed by atoms with Crippen LogP contribution in [0.15, 0.2) is 12.1 Å². The maximum Gasteiger partial charge on any atom is 0.131 e. The maximum atomic E-state index is 13.0. The van der Waals surface area contributed by atoms with Crippen molar-refractivity contribution < 1.29 is 13.9 Å². The van der Waals surface area contributed by atoms with Gasteiger partial charge in [0.1, 0.15) is 11.6 Å². The Kier molecular flexibility index (Phi) is 3.37. The minimum atomic E-state index is -0.661. The van der Waals surface area contributed by atoms with Crippen molar-refractivity contribution in [1.82, 2.24) is 0 Å². The van der Waals surface area contributed by atoms with E-state index in [1.165, 1.54) is 12.1 Å². The molecule has 1 nitrogen and oxygen atoms in total. The Balaban J connectivity index is 3.05. The van der Waals surface area contributed by atoms with Crippen LogP contribution in [0, 0.1) is 11.6 Å². The summed E-state index contributed by atoms with van der Waals surface area (Å²) in [7, 11) is 0. The number of aliphatic hydroxyl groups is 1. The highest BCUT2D eigenvalue weighted by molar-refractivity contribution is 5.25. The zero-order valence-corrected chi connectivity index (χ0v) is 7.48. The van der Waals surface area contributed by atoms with Crippen molar-refractivity contribution in [3.63, 3.8) is 0 Å². The van der Waals surface area contributed by atoms with E-state index in [4.69, 9.17) is 5.11 Å². The molecule has 13 heavy (non-hydrogen) atoms. The monoisotopic (exact) mass is 186 g/mol. The van der Waals surface area contributed by atoms with Crippen molar-refractivity contribution in [2.24, 2.45) is 0 Å². The summed E-state index contributed by atoms with van der Waals surface area (Å²) in [6, 6.07) is 2.55. The lowest BCUT2D eigenvalue weighted by Gasteiger charge is -2.04. The van der Waals surface area contributed by atoms with Gasteiger partial charge in [-0.3, -0.25) is 0 Å². The Bertz CT molecular complexity index is 274. The fraction of sp³-hybridized carbons (Fsp3) is 0.400. The van der Waals surface area contributed by atoms with Crippen molar-refractivity contribution in [2.45, 2.75) is 26.4 Å². The maximum absolute atomic E-state index is 13.0. The first-order valence-corrected chi connectivity index (χ1v) is 4.26. The van der Waals surface area contributed by atoms with Crippen LogP contribution in [0.5, 0.6) is 0 Å². The second-order valence-electron chi connectivity index (χ2n) is 2.95. The summed E-state index contributed by atoms with van der Waals surface area (Å²) in [4.78, 5) is 0. The normalized spacial score (nSPS) is 10.5. The predicted molar refractivity (Wildman–Crippen MR) is 46.3 cm³/mol. The summed E-state index contributed by atoms with van der Waals surface area (Å²) in [6.45, 7) is 1.35. The number of aliphatic hydroxyl groups excluding tert-OH is 1. The van der Waals surface area contributed by atoms with E-state index in [0.717, 1.165) is 6.42 Å². The minimum absolute atomic E-state index is 0.250. The van der Waals surface area contributed by atoms with Crippen LogP contribution in [0.3, 0.4) is 0 Å². The molecular weight excluding hydrogens is 174 g/mol. The molecule has 0 radical (unpaired) electrons. The van der Waals surface area contributed by atoms with E-state index in [9.17, 15) is 8.78 Å². The lowest BCUT2D eigenvalue weighted by molar-refractivity contribution is 0.268. The van der Waals surface area contributed by atoms with Crippen LogP contribution in [0.1, 0.15) is 24.5 Å². The van der Waals surface area contributed by atoms with Crippen molar-refractivity contribution in [2.75, 3.05) is 0 Å². The van der Waals surface area contributed by atoms with Gasteiger partial charge in [-0.2, -0.15) is 0 Å². The van der Waals surface area contributed by atoms with Crippen LogP contribution < -0.4 is 0 Å². The van der Waals surface area contributed by atoms with Gasteiger partial charge in [-0.15, -0.1) is 0 Å². The molecule has 0 amide bonds. The highest BCUT2D eigenvalue weighted by Gasteiger charge is 2.09. The van der Waals surface area contributed by atoms with Crippen molar-refractivity contribution in [3.05, 3.63) is 34.9 Å². The summed E-state index contributed by atoms with van der Waals surface area (Å²) in [5.74, 6) is -1.32. The molecule has 0 aliphatic rings. The topological polar surface area (TPSA) is 20.2 Å². The largest absolute Gasteiger partial charge is 0.391 e. The van der Waals surface area contributed by atoms with Gasteiger partial charge >= 0.3 is 0 Å². The standard InChI is InChI=1S/C10H12F2O/c1-2-3-7-4-9(11)8(6-13)10(12)5-7/h4-5,13H,2-3,6H2,1H3. The summed E-state index contributed by atoms with van der Waals surface area (Å²) in [6.07, 6.45) is 1.50. The molecule has 0 saturated carbocycles. The Hall–Kier alpha value is -0.960. The second kappa shape index (κ2) is 4.33. The highest BCUT2D eigenvalue weighted by atomic mass is 19.1. The molecule has 0 aromatic heterocycles. The molecule has 0 saturated heterocycles. The molecule has 0 aliphatic heterocycles. The van der Waals surface area contributed by atoms with E-state index >= 15 is 0 Å². The number of rotatable bonds is 3. The van der Waals surface area contributed by atoms with Gasteiger partial charge in [0.25, 0.3) is 0 Å². The number of aryl methyl sites for hydroxylation is 1. The average molecular weight is 186 g/mol. The van der Waals surface area contributed by atoms with E-state index in [1.807, 2.05) is 6.92 Å². The van der Waals surface area contributed by atoms with Gasteiger partial charge in [0, 0.05) is 5.56 Å². The first-order valence-electron chi connectivity index (χ1n) is 4.26. The van der Waals surface area contributed by atoms with E-state index < -0.39 is 18.2 Å². The van der Waals surface area contributed by atoms with Crippen LogP contribution >= 0.6 is 0 Å². The number of hydrogen-bond acceptors (Lipinski definition) is 1. The first-order chi connectivity index (χ1) is 6.19. The van der Waals surface area contributed by atoms with Crippen LogP contribution in [0.4, 0.5) is 8.78 Å². The third-order valence-corrected chi connectivity index (χ3v) is 1.90. The molecule has 0 unspecified atom stereocenters. The smallest absolute Gasteiger partial charge is 0.131 e. The van der Waals surface area contributed by atoms with Crippen LogP contribution in [-0.4, -0.2) is 5.11 Å². The zero-order valence-electron chi connectivity index (χ0n) is 7.48. The quantitative estimate of drug-likeness (QED) is 0.768. The Morgan fingerprint density at radius 2 is 1.77 bits per heavy atom. The fourth-order valence-electron chi connectivity index (χ4n) is 1.24. The van der Waals surface area contributed by atoms with Gasteiger partial charge in [0.15, 0.2) is 0 Å². The third kappa shape index (κ3) is 2.25. The molecule has 0 spiro atoms. The summed E-state index contributed by atoms with van der Waals surface area (Å²) < 4.78 is 26.1. The Labute approximate surface area is 76.0 Å². The average Bonchev–Trinajstić information content (AvgIpc) is 2.04. The molecule has 1 aromatic carbocycles. The molecule has 0 aliphatic carbocycles. The molecule has 1 aromatic rings. The molecule has 0 heterocycles. The van der Waals surface area contributed by atoms with Gasteiger partial charge in [0.2, 0.25) is 0 Å². The summed E-state index contributed by atoms with van der Waals surface area (Å²) >= 11 is 0. The molecule has 0 fully saturated rings. The Morgan fingerprint density at radius 1 is 1.23 bits per heavy atom. The fourth-order valence-corrected chi connectivity index (χ4v) is 1.24. The number of benzene rings is 1. The molecule has 72 valence electrons. The van der Waals surface area contributed by atoms with Crippen molar-refractivity contribution >= 4 is 0 Å². The van der Waals surface area contributed by atoms with E-state index in [0.29, 0.717) is 12.0 Å². The first kappa shape index (κ1) is 10.1. The second-order valence-corrected chi connectivity index (χ2v) is 2.95. The van der Waals surface area contributed by atoms with E-state index in [1.54, 1.807) is 0 Å². The molecule has 0 atom stereocenters. The van der Waals surface area contributed by atoms with Crippen molar-refractivity contribution in [3.8, 4) is 0 Å². The van der Waals surface area contributed by atoms with E-state index in [2.05, 4.69) is 0 Å². The lowest BCUT2D eigenvalue weighted by atomic mass is 10.1. The molecular formula is C10H12F2O. The molecule has 0 bridgehead atoms. The third-order valence-electron chi connectivity index (χ3n) is 1.90. The molecule has 1 N–H and O–H groups in total. The SMILES string of the molecule is CCCc1cc(F)c(CO)c(F)c1. The van der Waals surface area contributed by atoms with Gasteiger partial charge in [-0.05, 0) is 24.1 Å². The lowest BCUT2D eigenvalue weighted by Crippen LogP contribution is -1.98. The predicted octanol–water partition coefficient (Wildman–Crippen LogP) is 2.41. The molecule has 1 rings (SSSR count). The number of hydrogen-bond donors (Lipinski definition) is 1. The summed E-state index contributed by atoms with van der Waals surface area (Å²) in [5.41, 5.74) is 0.384. The van der Waals surface area contributed by atoms with Gasteiger partial charge in [-0.1, -0.05) is 13.3 Å². The summed E-state index contributed by atoms with van der Waals surface area (Å²) in [5, 5.41) is 8.64. The van der Waals surface area contributed by atoms with E-state index in [-0.39, 0.29) is 5.56 Å². The highest BCUT2D eigenvalue weighted by Crippen LogP contribution is 2.16. The minimum Gasteiger partial charge on any atom is -0.391 e. The number of halogens is 2. The Morgan fingerprint density at radius 3 is 2.15 bits per heavy atom. The van der Waals surface area contributed by atoms with Crippen LogP contribution in [0.25, 0.3) is 0 Å². The van der Waals surface area contributed by atoms with Crippen LogP contribution in [0.2, 0.25) is 0 Å². The van der Waals surface area contributed by atoms with Crippen molar-refractivity contribution in [1.29, 1.82) is 0 Å². The van der Waals surface area contributed by atoms with Gasteiger partial charge in [0.05, 0.1) is 6.61 Å². The van der Waals surface area contributed by atoms with Gasteiger partial charge < -0.3 is 5.11 Å².